The Hall–Kier alpha value is -2.15. The molecule has 0 saturated carbocycles. The number of carbonyl (C=O) groups is 2. The molecule has 1 aromatic carbocycles. The van der Waals surface area contributed by atoms with Crippen LogP contribution in [0.4, 0.5) is 5.69 Å². The van der Waals surface area contributed by atoms with E-state index in [1.54, 1.807) is 15.8 Å². The standard InChI is InChI=1S/C17H19BrN4O2/c1-12(11-21-8-3-7-19-21)20-16(23)15-6-9-22(17(15)24)14-5-2-4-13(18)10-14/h2-5,7-8,10,12,15H,6,9,11H2,1H3,(H,20,23)/t12-,15+/m0/s1. The van der Waals surface area contributed by atoms with Gasteiger partial charge in [0.15, 0.2) is 0 Å². The van der Waals surface area contributed by atoms with Crippen molar-refractivity contribution >= 4 is 33.4 Å². The van der Waals surface area contributed by atoms with Gasteiger partial charge in [-0.2, -0.15) is 5.10 Å². The van der Waals surface area contributed by atoms with Crippen molar-refractivity contribution in [2.45, 2.75) is 25.9 Å². The summed E-state index contributed by atoms with van der Waals surface area (Å²) in [7, 11) is 0. The third kappa shape index (κ3) is 3.67. The lowest BCUT2D eigenvalue weighted by molar-refractivity contribution is -0.132. The van der Waals surface area contributed by atoms with Crippen LogP contribution in [-0.2, 0) is 16.1 Å². The van der Waals surface area contributed by atoms with E-state index in [0.29, 0.717) is 19.5 Å². The molecule has 126 valence electrons. The summed E-state index contributed by atoms with van der Waals surface area (Å²) in [5.74, 6) is -0.974. The summed E-state index contributed by atoms with van der Waals surface area (Å²) >= 11 is 3.41. The van der Waals surface area contributed by atoms with Crippen LogP contribution in [0.15, 0.2) is 47.2 Å². The second-order valence-electron chi connectivity index (χ2n) is 5.95. The van der Waals surface area contributed by atoms with E-state index in [2.05, 4.69) is 26.3 Å². The van der Waals surface area contributed by atoms with Crippen LogP contribution in [-0.4, -0.2) is 34.2 Å². The summed E-state index contributed by atoms with van der Waals surface area (Å²) in [5.41, 5.74) is 0.814. The molecule has 24 heavy (non-hydrogen) atoms. The fraction of sp³-hybridized carbons (Fsp3) is 0.353. The van der Waals surface area contributed by atoms with Gasteiger partial charge in [0.2, 0.25) is 11.8 Å². The summed E-state index contributed by atoms with van der Waals surface area (Å²) in [6.07, 6.45) is 4.08. The van der Waals surface area contributed by atoms with Crippen LogP contribution < -0.4 is 10.2 Å². The van der Waals surface area contributed by atoms with E-state index in [9.17, 15) is 9.59 Å². The van der Waals surface area contributed by atoms with Crippen molar-refractivity contribution in [3.63, 3.8) is 0 Å². The summed E-state index contributed by atoms with van der Waals surface area (Å²) in [6.45, 7) is 3.04. The molecule has 0 aliphatic carbocycles. The highest BCUT2D eigenvalue weighted by molar-refractivity contribution is 9.10. The molecular weight excluding hydrogens is 372 g/mol. The maximum Gasteiger partial charge on any atom is 0.239 e. The largest absolute Gasteiger partial charge is 0.351 e. The summed E-state index contributed by atoms with van der Waals surface area (Å²) in [5, 5.41) is 7.04. The summed E-state index contributed by atoms with van der Waals surface area (Å²) < 4.78 is 2.67. The van der Waals surface area contributed by atoms with Gasteiger partial charge in [0.05, 0.1) is 6.54 Å². The van der Waals surface area contributed by atoms with Crippen molar-refractivity contribution in [2.75, 3.05) is 11.4 Å². The molecule has 7 heteroatoms. The van der Waals surface area contributed by atoms with Crippen molar-refractivity contribution in [2.24, 2.45) is 5.92 Å². The Kier molecular flexibility index (Phi) is 4.99. The molecule has 2 aromatic rings. The molecule has 0 spiro atoms. The van der Waals surface area contributed by atoms with Gasteiger partial charge < -0.3 is 10.2 Å². The number of hydrogen-bond acceptors (Lipinski definition) is 3. The lowest BCUT2D eigenvalue weighted by atomic mass is 10.1. The third-order valence-electron chi connectivity index (χ3n) is 4.05. The van der Waals surface area contributed by atoms with E-state index in [4.69, 9.17) is 0 Å². The molecule has 6 nitrogen and oxygen atoms in total. The normalized spacial score (nSPS) is 18.7. The average molecular weight is 391 g/mol. The predicted molar refractivity (Wildman–Crippen MR) is 94.4 cm³/mol. The van der Waals surface area contributed by atoms with Crippen molar-refractivity contribution in [3.8, 4) is 0 Å². The van der Waals surface area contributed by atoms with Crippen LogP contribution in [0.2, 0.25) is 0 Å². The quantitative estimate of drug-likeness (QED) is 0.795. The molecule has 2 heterocycles. The topological polar surface area (TPSA) is 67.2 Å². The average Bonchev–Trinajstić information content (AvgIpc) is 3.16. The number of nitrogens with one attached hydrogen (secondary N) is 1. The van der Waals surface area contributed by atoms with Gasteiger partial charge >= 0.3 is 0 Å². The minimum atomic E-state index is -0.621. The number of benzene rings is 1. The van der Waals surface area contributed by atoms with Gasteiger partial charge in [-0.1, -0.05) is 22.0 Å². The highest BCUT2D eigenvalue weighted by Crippen LogP contribution is 2.27. The van der Waals surface area contributed by atoms with Gasteiger partial charge in [-0.05, 0) is 37.6 Å². The van der Waals surface area contributed by atoms with Crippen LogP contribution in [0, 0.1) is 5.92 Å². The third-order valence-corrected chi connectivity index (χ3v) is 4.54. The zero-order chi connectivity index (χ0) is 17.1. The number of anilines is 1. The second-order valence-corrected chi connectivity index (χ2v) is 6.86. The molecule has 1 aromatic heterocycles. The second kappa shape index (κ2) is 7.17. The van der Waals surface area contributed by atoms with Gasteiger partial charge in [-0.15, -0.1) is 0 Å². The van der Waals surface area contributed by atoms with Crippen molar-refractivity contribution in [1.82, 2.24) is 15.1 Å². The fourth-order valence-corrected chi connectivity index (χ4v) is 3.29. The Bertz CT molecular complexity index is 732. The zero-order valence-electron chi connectivity index (χ0n) is 13.4. The number of nitrogens with zero attached hydrogens (tertiary/aromatic N) is 3. The molecule has 1 aliphatic rings. The van der Waals surface area contributed by atoms with E-state index >= 15 is 0 Å². The smallest absolute Gasteiger partial charge is 0.239 e. The highest BCUT2D eigenvalue weighted by atomic mass is 79.9. The van der Waals surface area contributed by atoms with Crippen LogP contribution in [0.25, 0.3) is 0 Å². The minimum Gasteiger partial charge on any atom is -0.351 e. The molecule has 2 atom stereocenters. The van der Waals surface area contributed by atoms with Crippen LogP contribution in [0.3, 0.4) is 0 Å². The number of halogens is 1. The van der Waals surface area contributed by atoms with Crippen molar-refractivity contribution < 1.29 is 9.59 Å². The Morgan fingerprint density at radius 2 is 2.29 bits per heavy atom. The molecule has 1 saturated heterocycles. The Balaban J connectivity index is 1.61. The molecule has 1 aliphatic heterocycles. The van der Waals surface area contributed by atoms with Crippen LogP contribution in [0.1, 0.15) is 13.3 Å². The molecule has 2 amide bonds. The van der Waals surface area contributed by atoms with Crippen molar-refractivity contribution in [1.29, 1.82) is 0 Å². The number of aromatic nitrogens is 2. The maximum atomic E-state index is 12.6. The van der Waals surface area contributed by atoms with Gasteiger partial charge in [-0.25, -0.2) is 0 Å². The molecule has 0 unspecified atom stereocenters. The van der Waals surface area contributed by atoms with E-state index in [1.165, 1.54) is 0 Å². The molecule has 3 rings (SSSR count). The van der Waals surface area contributed by atoms with E-state index in [0.717, 1.165) is 10.2 Å². The molecule has 0 radical (unpaired) electrons. The number of amides is 2. The molecule has 1 fully saturated rings. The number of hydrogen-bond donors (Lipinski definition) is 1. The Labute approximate surface area is 149 Å². The first kappa shape index (κ1) is 16.7. The lowest BCUT2D eigenvalue weighted by Crippen LogP contribution is -2.42. The minimum absolute atomic E-state index is 0.0925. The van der Waals surface area contributed by atoms with Crippen LogP contribution in [0.5, 0.6) is 0 Å². The highest BCUT2D eigenvalue weighted by Gasteiger charge is 2.37. The van der Waals surface area contributed by atoms with E-state index < -0.39 is 5.92 Å². The fourth-order valence-electron chi connectivity index (χ4n) is 2.90. The van der Waals surface area contributed by atoms with Gasteiger partial charge in [0.25, 0.3) is 0 Å². The van der Waals surface area contributed by atoms with Gasteiger partial charge in [0, 0.05) is 35.1 Å². The first-order chi connectivity index (χ1) is 11.5. The zero-order valence-corrected chi connectivity index (χ0v) is 14.9. The molecule has 1 N–H and O–H groups in total. The lowest BCUT2D eigenvalue weighted by Gasteiger charge is -2.18. The molecular formula is C17H19BrN4O2. The predicted octanol–water partition coefficient (Wildman–Crippen LogP) is 2.20. The Morgan fingerprint density at radius 3 is 3.00 bits per heavy atom. The number of carbonyl (C=O) groups excluding carboxylic acids is 2. The van der Waals surface area contributed by atoms with Gasteiger partial charge in [0.1, 0.15) is 5.92 Å². The van der Waals surface area contributed by atoms with Gasteiger partial charge in [-0.3, -0.25) is 14.3 Å². The SMILES string of the molecule is C[C@@H](Cn1cccn1)NC(=O)[C@H]1CCN(c2cccc(Br)c2)C1=O. The maximum absolute atomic E-state index is 12.6. The van der Waals surface area contributed by atoms with Crippen molar-refractivity contribution in [3.05, 3.63) is 47.2 Å². The monoisotopic (exact) mass is 390 g/mol. The van der Waals surface area contributed by atoms with E-state index in [-0.39, 0.29) is 17.9 Å². The van der Waals surface area contributed by atoms with E-state index in [1.807, 2.05) is 43.5 Å². The molecule has 0 bridgehead atoms. The summed E-state index contributed by atoms with van der Waals surface area (Å²) in [4.78, 5) is 26.7. The first-order valence-corrected chi connectivity index (χ1v) is 8.68. The first-order valence-electron chi connectivity index (χ1n) is 7.89. The number of rotatable bonds is 5. The van der Waals surface area contributed by atoms with Crippen LogP contribution >= 0.6 is 15.9 Å². The summed E-state index contributed by atoms with van der Waals surface area (Å²) in [6, 6.07) is 9.30. The Morgan fingerprint density at radius 1 is 1.46 bits per heavy atom.